The Balaban J connectivity index is 1.38. The summed E-state index contributed by atoms with van der Waals surface area (Å²) >= 11 is 6.22. The maximum absolute atomic E-state index is 6.22. The molecule has 0 aliphatic carbocycles. The summed E-state index contributed by atoms with van der Waals surface area (Å²) in [6, 6.07) is 39.3. The van der Waals surface area contributed by atoms with Crippen LogP contribution in [0.1, 0.15) is 5.82 Å². The van der Waals surface area contributed by atoms with Crippen molar-refractivity contribution >= 4 is 22.4 Å². The first-order valence-corrected chi connectivity index (χ1v) is 12.2. The molecule has 1 aromatic heterocycles. The Morgan fingerprint density at radius 3 is 1.64 bits per heavy atom. The Hall–Kier alpha value is -4.34. The first kappa shape index (κ1) is 22.1. The Kier molecular flexibility index (Phi) is 5.76. The summed E-state index contributed by atoms with van der Waals surface area (Å²) in [4.78, 5) is 14.2. The average molecular weight is 484 g/mol. The second-order valence-electron chi connectivity index (χ2n) is 8.76. The summed E-state index contributed by atoms with van der Waals surface area (Å²) in [6.07, 6.45) is 0. The lowest BCUT2D eigenvalue weighted by Gasteiger charge is -2.10. The highest BCUT2D eigenvalue weighted by molar-refractivity contribution is 6.30. The second-order valence-corrected chi connectivity index (χ2v) is 9.20. The Labute approximate surface area is 215 Å². The van der Waals surface area contributed by atoms with Crippen LogP contribution in [-0.2, 0) is 0 Å². The number of benzene rings is 5. The molecule has 6 aromatic rings. The van der Waals surface area contributed by atoms with Gasteiger partial charge in [0, 0.05) is 16.1 Å². The van der Waals surface area contributed by atoms with E-state index in [4.69, 9.17) is 16.6 Å². The molecule has 3 nitrogen and oxygen atoms in total. The minimum Gasteiger partial charge on any atom is -0.213 e. The van der Waals surface area contributed by atoms with Crippen LogP contribution < -0.4 is 0 Å². The van der Waals surface area contributed by atoms with Gasteiger partial charge in [0.2, 0.25) is 0 Å². The molecule has 0 saturated heterocycles. The Morgan fingerprint density at radius 1 is 0.444 bits per heavy atom. The zero-order valence-electron chi connectivity index (χ0n) is 19.7. The van der Waals surface area contributed by atoms with E-state index in [1.807, 2.05) is 49.4 Å². The molecule has 4 heteroatoms. The van der Waals surface area contributed by atoms with E-state index in [1.165, 1.54) is 5.39 Å². The molecule has 1 heterocycles. The van der Waals surface area contributed by atoms with E-state index in [-0.39, 0.29) is 0 Å². The lowest BCUT2D eigenvalue weighted by atomic mass is 9.98. The molecule has 36 heavy (non-hydrogen) atoms. The Bertz CT molecular complexity index is 1720. The lowest BCUT2D eigenvalue weighted by molar-refractivity contribution is 0.992. The molecule has 0 bridgehead atoms. The highest BCUT2D eigenvalue weighted by Crippen LogP contribution is 2.30. The average Bonchev–Trinajstić information content (AvgIpc) is 2.92. The molecule has 0 N–H and O–H groups in total. The van der Waals surface area contributed by atoms with Gasteiger partial charge < -0.3 is 0 Å². The molecule has 0 atom stereocenters. The predicted molar refractivity (Wildman–Crippen MR) is 149 cm³/mol. The van der Waals surface area contributed by atoms with Crippen molar-refractivity contribution < 1.29 is 0 Å². The van der Waals surface area contributed by atoms with Gasteiger partial charge in [0.25, 0.3) is 0 Å². The summed E-state index contributed by atoms with van der Waals surface area (Å²) in [5, 5.41) is 3.09. The highest BCUT2D eigenvalue weighted by Gasteiger charge is 2.11. The Morgan fingerprint density at radius 2 is 0.972 bits per heavy atom. The fourth-order valence-corrected chi connectivity index (χ4v) is 4.64. The number of halogens is 1. The van der Waals surface area contributed by atoms with Gasteiger partial charge in [-0.1, -0.05) is 96.5 Å². The fourth-order valence-electron chi connectivity index (χ4n) is 4.45. The smallest absolute Gasteiger partial charge is 0.163 e. The molecule has 0 saturated carbocycles. The van der Waals surface area contributed by atoms with E-state index in [2.05, 4.69) is 82.8 Å². The molecule has 5 aromatic carbocycles. The number of rotatable bonds is 4. The zero-order chi connectivity index (χ0) is 24.5. The second kappa shape index (κ2) is 9.37. The van der Waals surface area contributed by atoms with Gasteiger partial charge in [0.05, 0.1) is 0 Å². The van der Waals surface area contributed by atoms with E-state index < -0.39 is 0 Å². The van der Waals surface area contributed by atoms with Crippen molar-refractivity contribution in [3.63, 3.8) is 0 Å². The van der Waals surface area contributed by atoms with Crippen molar-refractivity contribution in [1.82, 2.24) is 15.0 Å². The maximum atomic E-state index is 6.22. The topological polar surface area (TPSA) is 38.7 Å². The van der Waals surface area contributed by atoms with Gasteiger partial charge in [-0.25, -0.2) is 15.0 Å². The summed E-state index contributed by atoms with van der Waals surface area (Å²) in [6.45, 7) is 1.91. The number of nitrogens with zero attached hydrogens (tertiary/aromatic N) is 3. The van der Waals surface area contributed by atoms with Gasteiger partial charge in [0.1, 0.15) is 5.82 Å². The zero-order valence-corrected chi connectivity index (χ0v) is 20.4. The monoisotopic (exact) mass is 483 g/mol. The van der Waals surface area contributed by atoms with Crippen LogP contribution in [-0.4, -0.2) is 15.0 Å². The highest BCUT2D eigenvalue weighted by atomic mass is 35.5. The van der Waals surface area contributed by atoms with E-state index >= 15 is 0 Å². The van der Waals surface area contributed by atoms with Crippen LogP contribution in [0.25, 0.3) is 55.8 Å². The molecule has 172 valence electrons. The summed E-state index contributed by atoms with van der Waals surface area (Å²) in [5.74, 6) is 2.03. The number of fused-ring (bicyclic) bond motifs is 1. The number of aryl methyl sites for hydroxylation is 1. The molecule has 0 aliphatic rings. The standard InChI is InChI=1S/C32H22ClN3/c1-21-34-31(36-32(35-21)29-16-15-22-7-2-3-8-23(22)18-29)28-13-5-11-26(19-28)24-9-4-10-25(17-24)27-12-6-14-30(33)20-27/h2-20H,1H3. The van der Waals surface area contributed by atoms with Crippen molar-refractivity contribution in [2.45, 2.75) is 6.92 Å². The van der Waals surface area contributed by atoms with Crippen LogP contribution in [0, 0.1) is 6.92 Å². The fraction of sp³-hybridized carbons (Fsp3) is 0.0312. The molecule has 6 rings (SSSR count). The molecular formula is C32H22ClN3. The molecule has 0 radical (unpaired) electrons. The quantitative estimate of drug-likeness (QED) is 0.252. The maximum Gasteiger partial charge on any atom is 0.163 e. The first-order valence-electron chi connectivity index (χ1n) is 11.8. The molecule has 0 spiro atoms. The van der Waals surface area contributed by atoms with Gasteiger partial charge in [-0.3, -0.25) is 0 Å². The van der Waals surface area contributed by atoms with Gasteiger partial charge in [0.15, 0.2) is 11.6 Å². The van der Waals surface area contributed by atoms with E-state index in [0.717, 1.165) is 43.8 Å². The van der Waals surface area contributed by atoms with Gasteiger partial charge in [-0.2, -0.15) is 0 Å². The largest absolute Gasteiger partial charge is 0.213 e. The van der Waals surface area contributed by atoms with Crippen molar-refractivity contribution in [3.05, 3.63) is 126 Å². The van der Waals surface area contributed by atoms with Crippen molar-refractivity contribution in [2.24, 2.45) is 0 Å². The molecule has 0 aliphatic heterocycles. The van der Waals surface area contributed by atoms with Crippen LogP contribution in [0.15, 0.2) is 115 Å². The number of aromatic nitrogens is 3. The third-order valence-corrected chi connectivity index (χ3v) is 6.46. The summed E-state index contributed by atoms with van der Waals surface area (Å²) in [7, 11) is 0. The predicted octanol–water partition coefficient (Wildman–Crippen LogP) is 8.65. The van der Waals surface area contributed by atoms with Gasteiger partial charge in [-0.15, -0.1) is 0 Å². The normalized spacial score (nSPS) is 11.1. The van der Waals surface area contributed by atoms with Crippen molar-refractivity contribution in [3.8, 4) is 45.0 Å². The van der Waals surface area contributed by atoms with E-state index in [9.17, 15) is 0 Å². The van der Waals surface area contributed by atoms with E-state index in [1.54, 1.807) is 0 Å². The van der Waals surface area contributed by atoms with Gasteiger partial charge >= 0.3 is 0 Å². The van der Waals surface area contributed by atoms with Crippen LogP contribution >= 0.6 is 11.6 Å². The van der Waals surface area contributed by atoms with Crippen LogP contribution in [0.3, 0.4) is 0 Å². The molecule has 0 amide bonds. The summed E-state index contributed by atoms with van der Waals surface area (Å²) in [5.41, 5.74) is 6.36. The van der Waals surface area contributed by atoms with E-state index in [0.29, 0.717) is 17.5 Å². The molecule has 0 fully saturated rings. The first-order chi connectivity index (χ1) is 17.6. The SMILES string of the molecule is Cc1nc(-c2cccc(-c3cccc(-c4cccc(Cl)c4)c3)c2)nc(-c2ccc3ccccc3c2)n1. The van der Waals surface area contributed by atoms with Crippen molar-refractivity contribution in [2.75, 3.05) is 0 Å². The summed E-state index contributed by atoms with van der Waals surface area (Å²) < 4.78 is 0. The van der Waals surface area contributed by atoms with Crippen LogP contribution in [0.4, 0.5) is 0 Å². The molecular weight excluding hydrogens is 462 g/mol. The minimum atomic E-state index is 0.665. The lowest BCUT2D eigenvalue weighted by Crippen LogP contribution is -1.99. The number of hydrogen-bond donors (Lipinski definition) is 0. The van der Waals surface area contributed by atoms with Crippen molar-refractivity contribution in [1.29, 1.82) is 0 Å². The van der Waals surface area contributed by atoms with Crippen LogP contribution in [0.2, 0.25) is 5.02 Å². The van der Waals surface area contributed by atoms with Gasteiger partial charge in [-0.05, 0) is 70.3 Å². The third-order valence-electron chi connectivity index (χ3n) is 6.23. The molecule has 0 unspecified atom stereocenters. The number of hydrogen-bond acceptors (Lipinski definition) is 3. The minimum absolute atomic E-state index is 0.665. The third kappa shape index (κ3) is 4.49. The van der Waals surface area contributed by atoms with Crippen LogP contribution in [0.5, 0.6) is 0 Å².